The number of ether oxygens (including phenoxy) is 1. The van der Waals surface area contributed by atoms with E-state index in [0.717, 1.165) is 30.8 Å². The molecule has 1 aromatic rings. The van der Waals surface area contributed by atoms with Crippen LogP contribution in [0.2, 0.25) is 0 Å². The number of fused-ring (bicyclic) bond motifs is 1. The van der Waals surface area contributed by atoms with Crippen LogP contribution in [0.1, 0.15) is 52.1 Å². The average molecular weight is 334 g/mol. The molecule has 1 saturated heterocycles. The van der Waals surface area contributed by atoms with Crippen LogP contribution < -0.4 is 0 Å². The first kappa shape index (κ1) is 16.8. The number of carbonyl (C=O) groups excluding carboxylic acids is 2. The van der Waals surface area contributed by atoms with E-state index in [1.165, 1.54) is 0 Å². The van der Waals surface area contributed by atoms with Crippen LogP contribution >= 0.6 is 0 Å². The summed E-state index contributed by atoms with van der Waals surface area (Å²) in [7, 11) is 0. The van der Waals surface area contributed by atoms with Crippen LogP contribution in [0.15, 0.2) is 6.20 Å². The predicted octanol–water partition coefficient (Wildman–Crippen LogP) is 2.63. The number of hydrogen-bond acceptors (Lipinski definition) is 4. The smallest absolute Gasteiger partial charge is 0.410 e. The van der Waals surface area contributed by atoms with Gasteiger partial charge in [-0.05, 0) is 33.6 Å². The van der Waals surface area contributed by atoms with Gasteiger partial charge >= 0.3 is 12.1 Å². The standard InChI is InChI=1S/C17H26N4O3/c1-5-14-18-10-13-11-20(15(22)21(13)14)12-6-8-19(9-7-12)16(23)24-17(2,3)4/h10,12H,5-9,11H2,1-4H3. The largest absolute Gasteiger partial charge is 0.444 e. The summed E-state index contributed by atoms with van der Waals surface area (Å²) in [5, 5.41) is 0. The van der Waals surface area contributed by atoms with Gasteiger partial charge in [0.15, 0.2) is 0 Å². The zero-order valence-corrected chi connectivity index (χ0v) is 14.9. The Balaban J connectivity index is 1.59. The zero-order chi connectivity index (χ0) is 17.5. The summed E-state index contributed by atoms with van der Waals surface area (Å²) < 4.78 is 7.16. The van der Waals surface area contributed by atoms with Crippen LogP contribution in [0.4, 0.5) is 9.59 Å². The summed E-state index contributed by atoms with van der Waals surface area (Å²) in [6.07, 6.45) is 3.84. The molecule has 1 aromatic heterocycles. The molecule has 7 heteroatoms. The minimum atomic E-state index is -0.480. The number of imidazole rings is 1. The van der Waals surface area contributed by atoms with Crippen molar-refractivity contribution in [1.82, 2.24) is 19.4 Å². The third kappa shape index (κ3) is 3.12. The maximum absolute atomic E-state index is 12.7. The highest BCUT2D eigenvalue weighted by Gasteiger charge is 2.37. The highest BCUT2D eigenvalue weighted by molar-refractivity contribution is 5.81. The van der Waals surface area contributed by atoms with Gasteiger partial charge in [-0.25, -0.2) is 14.6 Å². The maximum Gasteiger partial charge on any atom is 0.410 e. The minimum absolute atomic E-state index is 0.0232. The van der Waals surface area contributed by atoms with Crippen LogP contribution in [0.5, 0.6) is 0 Å². The third-order valence-corrected chi connectivity index (χ3v) is 4.55. The van der Waals surface area contributed by atoms with Crippen molar-refractivity contribution in [2.75, 3.05) is 13.1 Å². The summed E-state index contributed by atoms with van der Waals surface area (Å²) in [6, 6.07) is 0.191. The number of rotatable bonds is 2. The Morgan fingerprint density at radius 2 is 2.00 bits per heavy atom. The Kier molecular flexibility index (Phi) is 4.27. The first-order valence-electron chi connectivity index (χ1n) is 8.64. The Morgan fingerprint density at radius 1 is 1.33 bits per heavy atom. The lowest BCUT2D eigenvalue weighted by Crippen LogP contribution is -2.48. The lowest BCUT2D eigenvalue weighted by molar-refractivity contribution is 0.0166. The fourth-order valence-corrected chi connectivity index (χ4v) is 3.37. The van der Waals surface area contributed by atoms with Gasteiger partial charge in [0.2, 0.25) is 0 Å². The Morgan fingerprint density at radius 3 is 2.58 bits per heavy atom. The third-order valence-electron chi connectivity index (χ3n) is 4.55. The molecule has 0 saturated carbocycles. The molecule has 24 heavy (non-hydrogen) atoms. The second kappa shape index (κ2) is 6.11. The van der Waals surface area contributed by atoms with Crippen molar-refractivity contribution in [3.05, 3.63) is 17.7 Å². The summed E-state index contributed by atoms with van der Waals surface area (Å²) in [5.74, 6) is 0.823. The summed E-state index contributed by atoms with van der Waals surface area (Å²) in [6.45, 7) is 9.47. The van der Waals surface area contributed by atoms with Gasteiger partial charge in [0.25, 0.3) is 0 Å². The van der Waals surface area contributed by atoms with Crippen molar-refractivity contribution < 1.29 is 14.3 Å². The molecular formula is C17H26N4O3. The molecule has 2 aliphatic heterocycles. The first-order chi connectivity index (χ1) is 11.3. The van der Waals surface area contributed by atoms with E-state index in [9.17, 15) is 9.59 Å². The van der Waals surface area contributed by atoms with Crippen molar-refractivity contribution >= 4 is 12.1 Å². The second-order valence-corrected chi connectivity index (χ2v) is 7.46. The topological polar surface area (TPSA) is 67.7 Å². The molecule has 132 valence electrons. The number of hydrogen-bond donors (Lipinski definition) is 0. The Hall–Kier alpha value is -2.05. The summed E-state index contributed by atoms with van der Waals surface area (Å²) in [4.78, 5) is 32.8. The molecule has 0 atom stereocenters. The molecule has 0 aliphatic carbocycles. The van der Waals surface area contributed by atoms with Gasteiger partial charge in [0.05, 0.1) is 18.4 Å². The van der Waals surface area contributed by atoms with Crippen LogP contribution in [0, 0.1) is 0 Å². The zero-order valence-electron chi connectivity index (χ0n) is 14.9. The van der Waals surface area contributed by atoms with Gasteiger partial charge in [-0.2, -0.15) is 0 Å². The molecule has 0 N–H and O–H groups in total. The predicted molar refractivity (Wildman–Crippen MR) is 88.8 cm³/mol. The van der Waals surface area contributed by atoms with E-state index in [-0.39, 0.29) is 18.2 Å². The molecule has 0 aromatic carbocycles. The summed E-state index contributed by atoms with van der Waals surface area (Å²) >= 11 is 0. The van der Waals surface area contributed by atoms with E-state index in [4.69, 9.17) is 4.74 Å². The lowest BCUT2D eigenvalue weighted by Gasteiger charge is -2.36. The van der Waals surface area contributed by atoms with E-state index in [1.807, 2.05) is 32.6 Å². The number of amides is 2. The number of aromatic nitrogens is 2. The molecular weight excluding hydrogens is 308 g/mol. The van der Waals surface area contributed by atoms with Crippen molar-refractivity contribution in [2.45, 2.75) is 65.1 Å². The van der Waals surface area contributed by atoms with Crippen molar-refractivity contribution in [3.63, 3.8) is 0 Å². The van der Waals surface area contributed by atoms with Gasteiger partial charge in [-0.15, -0.1) is 0 Å². The molecule has 2 amide bonds. The van der Waals surface area contributed by atoms with Gasteiger partial charge < -0.3 is 14.5 Å². The normalized spacial score (nSPS) is 18.9. The first-order valence-corrected chi connectivity index (χ1v) is 8.64. The monoisotopic (exact) mass is 334 g/mol. The molecule has 1 fully saturated rings. The van der Waals surface area contributed by atoms with Crippen LogP contribution in [-0.4, -0.2) is 56.2 Å². The molecule has 0 spiro atoms. The van der Waals surface area contributed by atoms with Crippen molar-refractivity contribution in [2.24, 2.45) is 0 Å². The number of aryl methyl sites for hydroxylation is 1. The van der Waals surface area contributed by atoms with Crippen LogP contribution in [-0.2, 0) is 17.7 Å². The molecule has 3 rings (SSSR count). The molecule has 7 nitrogen and oxygen atoms in total. The fourth-order valence-electron chi connectivity index (χ4n) is 3.37. The van der Waals surface area contributed by atoms with E-state index < -0.39 is 5.60 Å². The fraction of sp³-hybridized carbons (Fsp3) is 0.706. The lowest BCUT2D eigenvalue weighted by atomic mass is 10.0. The minimum Gasteiger partial charge on any atom is -0.444 e. The van der Waals surface area contributed by atoms with E-state index in [1.54, 1.807) is 15.7 Å². The number of piperidine rings is 1. The van der Waals surface area contributed by atoms with Gasteiger partial charge in [-0.1, -0.05) is 6.92 Å². The highest BCUT2D eigenvalue weighted by Crippen LogP contribution is 2.26. The number of carbonyl (C=O) groups is 2. The summed E-state index contributed by atoms with van der Waals surface area (Å²) in [5.41, 5.74) is 0.484. The Bertz CT molecular complexity index is 639. The SMILES string of the molecule is CCc1ncc2n1C(=O)N(C1CCN(C(=O)OC(C)(C)C)CC1)C2. The maximum atomic E-state index is 12.7. The van der Waals surface area contributed by atoms with Gasteiger partial charge in [0, 0.05) is 25.6 Å². The van der Waals surface area contributed by atoms with E-state index in [0.29, 0.717) is 19.6 Å². The van der Waals surface area contributed by atoms with Crippen LogP contribution in [0.25, 0.3) is 0 Å². The molecule has 0 unspecified atom stereocenters. The van der Waals surface area contributed by atoms with E-state index >= 15 is 0 Å². The second-order valence-electron chi connectivity index (χ2n) is 7.46. The highest BCUT2D eigenvalue weighted by atomic mass is 16.6. The molecule has 0 bridgehead atoms. The van der Waals surface area contributed by atoms with Crippen molar-refractivity contribution in [3.8, 4) is 0 Å². The van der Waals surface area contributed by atoms with Gasteiger partial charge in [0.1, 0.15) is 11.4 Å². The molecule has 0 radical (unpaired) electrons. The molecule has 2 aliphatic rings. The van der Waals surface area contributed by atoms with Crippen molar-refractivity contribution in [1.29, 1.82) is 0 Å². The number of likely N-dealkylation sites (tertiary alicyclic amines) is 1. The van der Waals surface area contributed by atoms with Gasteiger partial charge in [-0.3, -0.25) is 4.57 Å². The van der Waals surface area contributed by atoms with Crippen LogP contribution in [0.3, 0.4) is 0 Å². The molecule has 3 heterocycles. The number of nitrogens with zero attached hydrogens (tertiary/aromatic N) is 4. The quantitative estimate of drug-likeness (QED) is 0.834. The average Bonchev–Trinajstić information content (AvgIpc) is 3.06. The Labute approximate surface area is 142 Å². The van der Waals surface area contributed by atoms with E-state index in [2.05, 4.69) is 4.98 Å².